The molecule has 0 spiro atoms. The summed E-state index contributed by atoms with van der Waals surface area (Å²) in [6.45, 7) is 25.0. The lowest BCUT2D eigenvalue weighted by Gasteiger charge is -2.31. The van der Waals surface area contributed by atoms with Crippen molar-refractivity contribution in [1.82, 2.24) is 0 Å². The lowest BCUT2D eigenvalue weighted by Crippen LogP contribution is -2.14. The van der Waals surface area contributed by atoms with Crippen LogP contribution in [0.1, 0.15) is 66.8 Å². The molecule has 0 heterocycles. The zero-order valence-electron chi connectivity index (χ0n) is 84.9. The Kier molecular flexibility index (Phi) is 24.6. The summed E-state index contributed by atoms with van der Waals surface area (Å²) in [5.41, 5.74) is 38.5. The van der Waals surface area contributed by atoms with Gasteiger partial charge in [0, 0.05) is 44.3 Å². The molecule has 0 N–H and O–H groups in total. The number of aryl methyl sites for hydroxylation is 12. The van der Waals surface area contributed by atoms with Crippen molar-refractivity contribution >= 4 is 133 Å². The van der Waals surface area contributed by atoms with Gasteiger partial charge in [0.05, 0.1) is 45.5 Å². The number of rotatable bonds is 20. The normalized spacial score (nSPS) is 11.5. The first-order chi connectivity index (χ1) is 72.0. The molecule has 0 aliphatic heterocycles. The third kappa shape index (κ3) is 17.3. The highest BCUT2D eigenvalue weighted by Gasteiger charge is 2.31. The van der Waals surface area contributed by atoms with E-state index in [0.29, 0.717) is 22.7 Å². The van der Waals surface area contributed by atoms with E-state index in [-0.39, 0.29) is 23.3 Å². The van der Waals surface area contributed by atoms with Gasteiger partial charge in [-0.3, -0.25) is 0 Å². The largest absolute Gasteiger partial charge is 0.307 e. The van der Waals surface area contributed by atoms with Crippen LogP contribution in [0.4, 0.5) is 85.8 Å². The van der Waals surface area contributed by atoms with E-state index in [0.717, 1.165) is 266 Å². The molecule has 148 heavy (non-hydrogen) atoms. The minimum atomic E-state index is -0.323. The second-order valence-corrected chi connectivity index (χ2v) is 39.9. The highest BCUT2D eigenvalue weighted by Crippen LogP contribution is 2.55. The summed E-state index contributed by atoms with van der Waals surface area (Å²) in [5, 5.41) is 12.3. The van der Waals surface area contributed by atoms with Gasteiger partial charge in [0.25, 0.3) is 0 Å². The van der Waals surface area contributed by atoms with Crippen LogP contribution in [-0.2, 0) is 0 Å². The molecule has 0 fully saturated rings. The van der Waals surface area contributed by atoms with Crippen LogP contribution >= 0.6 is 0 Å². The highest BCUT2D eigenvalue weighted by molar-refractivity contribution is 6.30. The molecule has 0 unspecified atom stereocenters. The molecular weight excluding hydrogens is 1810 g/mol. The Morgan fingerprint density at radius 1 is 0.142 bits per heavy atom. The molecule has 0 saturated carbocycles. The Balaban J connectivity index is 0.000000163. The number of benzene rings is 24. The molecule has 0 radical (unpaired) electrons. The molecule has 0 aromatic heterocycles. The van der Waals surface area contributed by atoms with Crippen molar-refractivity contribution in [3.63, 3.8) is 0 Å². The lowest BCUT2D eigenvalue weighted by molar-refractivity contribution is 0.627. The standard InChI is InChI=1S/2C70H54F2N2/c1-43-23-31-67(63(71)35-43)73(55-39-51(57-19-11-7-15-45(57)3)37-52(40-55)58-20-12-8-16-46(58)4)65-33-27-49-26-30-62-66(34-28-50-25-29-61(65)69(49)70(50)62)74(68-32-24-44(2)36-64(68)72)56-41-53(59-21-13-9-17-47(59)5)38-54(42-56)60-22-14-10-18-48(60)6;1-43-23-31-63(71)67(35-43)73(55-39-51(57-19-11-7-15-45(57)3)37-52(40-55)58-20-12-8-16-46(58)4)65-33-27-49-26-30-62-66(34-28-50-25-29-61(65)69(49)70(50)62)74(68-36-44(2)24-32-64(68)72)56-41-53(59-21-13-9-17-47(59)5)38-54(42-56)60-22-14-10-18-48(60)6/h2*7-42H,1-6H3. The highest BCUT2D eigenvalue weighted by atomic mass is 19.1. The zero-order valence-corrected chi connectivity index (χ0v) is 84.9. The molecule has 8 heteroatoms. The Labute approximate surface area is 863 Å². The molecule has 0 bridgehead atoms. The van der Waals surface area contributed by atoms with Crippen molar-refractivity contribution in [2.45, 2.75) is 83.1 Å². The van der Waals surface area contributed by atoms with Crippen LogP contribution in [0.3, 0.4) is 0 Å². The molecule has 0 amide bonds. The average Bonchev–Trinajstić information content (AvgIpc) is 0.717. The summed E-state index contributed by atoms with van der Waals surface area (Å²) in [6, 6.07) is 151. The quantitative estimate of drug-likeness (QED) is 0.0557. The first-order valence-corrected chi connectivity index (χ1v) is 50.7. The van der Waals surface area contributed by atoms with Crippen LogP contribution in [0.5, 0.6) is 0 Å². The van der Waals surface area contributed by atoms with E-state index in [1.807, 2.05) is 76.2 Å². The van der Waals surface area contributed by atoms with Gasteiger partial charge < -0.3 is 19.6 Å². The van der Waals surface area contributed by atoms with E-state index in [2.05, 4.69) is 439 Å². The monoisotopic (exact) mass is 1920 g/mol. The van der Waals surface area contributed by atoms with Gasteiger partial charge >= 0.3 is 0 Å². The molecule has 0 aliphatic rings. The fourth-order valence-corrected chi connectivity index (χ4v) is 22.5. The maximum absolute atomic E-state index is 17.0. The number of nitrogens with zero attached hydrogens (tertiary/aromatic N) is 4. The first kappa shape index (κ1) is 93.9. The van der Waals surface area contributed by atoms with Crippen LogP contribution in [-0.4, -0.2) is 0 Å². The van der Waals surface area contributed by atoms with E-state index in [1.165, 1.54) is 0 Å². The second kappa shape index (κ2) is 38.8. The molecule has 24 aromatic rings. The fraction of sp³-hybridized carbons (Fsp3) is 0.0857. The van der Waals surface area contributed by atoms with Crippen LogP contribution in [0.2, 0.25) is 0 Å². The third-order valence-corrected chi connectivity index (χ3v) is 29.9. The smallest absolute Gasteiger partial charge is 0.147 e. The predicted molar refractivity (Wildman–Crippen MR) is 619 cm³/mol. The molecule has 4 nitrogen and oxygen atoms in total. The Hall–Kier alpha value is -17.7. The van der Waals surface area contributed by atoms with E-state index in [1.54, 1.807) is 24.3 Å². The van der Waals surface area contributed by atoms with Crippen LogP contribution in [0.25, 0.3) is 154 Å². The number of halogens is 4. The Bertz CT molecular complexity index is 8580. The van der Waals surface area contributed by atoms with Crippen LogP contribution in [0.15, 0.2) is 437 Å². The summed E-state index contributed by atoms with van der Waals surface area (Å²) < 4.78 is 67.9. The van der Waals surface area contributed by atoms with Gasteiger partial charge in [-0.05, 0) is 428 Å². The summed E-state index contributed by atoms with van der Waals surface area (Å²) >= 11 is 0. The number of hydrogen-bond donors (Lipinski definition) is 0. The van der Waals surface area contributed by atoms with Crippen molar-refractivity contribution < 1.29 is 17.6 Å². The van der Waals surface area contributed by atoms with Gasteiger partial charge in [0.2, 0.25) is 0 Å². The summed E-state index contributed by atoms with van der Waals surface area (Å²) in [6.07, 6.45) is 0. The van der Waals surface area contributed by atoms with Gasteiger partial charge in [0.1, 0.15) is 23.3 Å². The van der Waals surface area contributed by atoms with Gasteiger partial charge in [-0.2, -0.15) is 0 Å². The number of hydrogen-bond acceptors (Lipinski definition) is 4. The Morgan fingerprint density at radius 3 is 0.520 bits per heavy atom. The minimum absolute atomic E-state index is 0.314. The molecule has 0 aliphatic carbocycles. The van der Waals surface area contributed by atoms with E-state index >= 15 is 17.6 Å². The third-order valence-electron chi connectivity index (χ3n) is 29.9. The first-order valence-electron chi connectivity index (χ1n) is 50.7. The van der Waals surface area contributed by atoms with Crippen molar-refractivity contribution in [1.29, 1.82) is 0 Å². The van der Waals surface area contributed by atoms with Crippen LogP contribution < -0.4 is 19.6 Å². The van der Waals surface area contributed by atoms with Crippen molar-refractivity contribution in [3.8, 4) is 89.0 Å². The average molecular weight is 1920 g/mol. The lowest BCUT2D eigenvalue weighted by atomic mass is 9.90. The molecule has 0 saturated heterocycles. The van der Waals surface area contributed by atoms with E-state index < -0.39 is 0 Å². The maximum atomic E-state index is 17.0. The van der Waals surface area contributed by atoms with E-state index in [9.17, 15) is 0 Å². The molecular formula is C140H108F4N4. The summed E-state index contributed by atoms with van der Waals surface area (Å²) in [4.78, 5) is 8.42. The van der Waals surface area contributed by atoms with Gasteiger partial charge in [-0.25, -0.2) is 17.6 Å². The SMILES string of the molecule is Cc1ccc(F)c(N(c2cc(-c3ccccc3C)cc(-c3ccccc3C)c2)c2ccc3ccc4c(N(c5cc(-c6ccccc6C)cc(-c6ccccc6C)c5)c5cc(C)ccc5F)ccc5ccc2c3c54)c1.Cc1ccc(N(c2cc(-c3ccccc3C)cc(-c3ccccc3C)c2)c2ccc3ccc4c(N(c5cc(-c6ccccc6C)cc(-c6ccccc6C)c5)c5ccc(C)cc5F)ccc5ccc2c3c54)c(F)c1. The molecule has 24 aromatic carbocycles. The Morgan fingerprint density at radius 2 is 0.318 bits per heavy atom. The number of anilines is 12. The van der Waals surface area contributed by atoms with Crippen LogP contribution in [0, 0.1) is 106 Å². The second-order valence-electron chi connectivity index (χ2n) is 39.9. The predicted octanol–water partition coefficient (Wildman–Crippen LogP) is 40.6. The molecule has 24 rings (SSSR count). The van der Waals surface area contributed by atoms with Gasteiger partial charge in [0.15, 0.2) is 0 Å². The summed E-state index contributed by atoms with van der Waals surface area (Å²) in [5.74, 6) is -1.27. The van der Waals surface area contributed by atoms with Crippen molar-refractivity contribution in [2.75, 3.05) is 19.6 Å². The zero-order chi connectivity index (χ0) is 102. The van der Waals surface area contributed by atoms with E-state index in [4.69, 9.17) is 0 Å². The maximum Gasteiger partial charge on any atom is 0.147 e. The fourth-order valence-electron chi connectivity index (χ4n) is 22.5. The van der Waals surface area contributed by atoms with Gasteiger partial charge in [-0.15, -0.1) is 0 Å². The van der Waals surface area contributed by atoms with Crippen molar-refractivity contribution in [2.24, 2.45) is 0 Å². The molecule has 716 valence electrons. The van der Waals surface area contributed by atoms with Gasteiger partial charge in [-0.1, -0.05) is 291 Å². The minimum Gasteiger partial charge on any atom is -0.307 e. The topological polar surface area (TPSA) is 13.0 Å². The molecule has 0 atom stereocenters. The summed E-state index contributed by atoms with van der Waals surface area (Å²) in [7, 11) is 0. The van der Waals surface area contributed by atoms with Crippen molar-refractivity contribution in [3.05, 3.63) is 527 Å².